The first-order valence-corrected chi connectivity index (χ1v) is 21.1. The van der Waals surface area contributed by atoms with Crippen LogP contribution < -0.4 is 0 Å². The molecule has 0 heterocycles. The van der Waals surface area contributed by atoms with Crippen molar-refractivity contribution in [2.24, 2.45) is 29.1 Å². The van der Waals surface area contributed by atoms with E-state index < -0.39 is 63.7 Å². The van der Waals surface area contributed by atoms with Gasteiger partial charge in [-0.2, -0.15) is 0 Å². The first-order chi connectivity index (χ1) is 25.2. The highest BCUT2D eigenvalue weighted by atomic mass is 16.6. The van der Waals surface area contributed by atoms with Crippen LogP contribution in [0.5, 0.6) is 0 Å². The molecule has 4 rings (SSSR count). The third kappa shape index (κ3) is 8.82. The van der Waals surface area contributed by atoms with E-state index in [4.69, 9.17) is 14.2 Å². The zero-order valence-electron chi connectivity index (χ0n) is 33.9. The fourth-order valence-corrected chi connectivity index (χ4v) is 10.1. The largest absolute Gasteiger partial charge is 0.461 e. The summed E-state index contributed by atoms with van der Waals surface area (Å²) in [4.78, 5) is 53.9. The van der Waals surface area contributed by atoms with Crippen molar-refractivity contribution in [3.05, 3.63) is 23.3 Å². The second-order valence-electron chi connectivity index (χ2n) is 17.3. The highest BCUT2D eigenvalue weighted by Gasteiger charge is 2.88. The van der Waals surface area contributed by atoms with E-state index in [-0.39, 0.29) is 44.2 Å². The van der Waals surface area contributed by atoms with Gasteiger partial charge in [0.15, 0.2) is 11.4 Å². The van der Waals surface area contributed by atoms with E-state index in [0.717, 1.165) is 83.5 Å². The maximum Gasteiger partial charge on any atom is 0.306 e. The van der Waals surface area contributed by atoms with Crippen molar-refractivity contribution in [2.75, 3.05) is 6.61 Å². The Kier molecular flexibility index (Phi) is 15.0. The first kappa shape index (κ1) is 43.2. The molecule has 0 amide bonds. The first-order valence-electron chi connectivity index (χ1n) is 21.1. The third-order valence-electron chi connectivity index (χ3n) is 13.2. The Bertz CT molecular complexity index is 1360. The zero-order valence-corrected chi connectivity index (χ0v) is 33.9. The van der Waals surface area contributed by atoms with E-state index in [9.17, 15) is 29.4 Å². The number of aliphatic hydroxyl groups is 2. The molecule has 2 saturated carbocycles. The number of ether oxygens (including phenoxy) is 3. The number of hydrogen-bond donors (Lipinski definition) is 2. The molecular weight excluding hydrogens is 672 g/mol. The summed E-state index contributed by atoms with van der Waals surface area (Å²) >= 11 is 0. The molecule has 0 aliphatic heterocycles. The van der Waals surface area contributed by atoms with E-state index in [0.29, 0.717) is 24.0 Å². The molecule has 2 fully saturated rings. The van der Waals surface area contributed by atoms with Crippen LogP contribution in [0.1, 0.15) is 170 Å². The fourth-order valence-electron chi connectivity index (χ4n) is 10.1. The molecule has 9 nitrogen and oxygen atoms in total. The smallest absolute Gasteiger partial charge is 0.306 e. The van der Waals surface area contributed by atoms with Crippen molar-refractivity contribution in [1.29, 1.82) is 0 Å². The number of unbranched alkanes of at least 4 members (excludes halogenated alkanes) is 12. The van der Waals surface area contributed by atoms with Gasteiger partial charge in [0, 0.05) is 54.8 Å². The van der Waals surface area contributed by atoms with Crippen LogP contribution in [0.25, 0.3) is 0 Å². The highest BCUT2D eigenvalue weighted by Crippen LogP contribution is 2.77. The molecule has 4 aliphatic rings. The molecule has 0 saturated heterocycles. The van der Waals surface area contributed by atoms with Gasteiger partial charge in [0.2, 0.25) is 0 Å². The van der Waals surface area contributed by atoms with Gasteiger partial charge >= 0.3 is 17.9 Å². The number of Topliss-reactive ketones (excluding diaryl/α,β-unsaturated/α-hetero) is 1. The Morgan fingerprint density at radius 2 is 1.26 bits per heavy atom. The lowest BCUT2D eigenvalue weighted by Gasteiger charge is -2.53. The van der Waals surface area contributed by atoms with Crippen LogP contribution in [0.15, 0.2) is 23.3 Å². The van der Waals surface area contributed by atoms with E-state index in [1.165, 1.54) is 0 Å². The van der Waals surface area contributed by atoms with Crippen LogP contribution in [-0.4, -0.2) is 63.4 Å². The molecule has 0 spiro atoms. The Hall–Kier alpha value is -2.52. The van der Waals surface area contributed by atoms with E-state index in [1.54, 1.807) is 19.9 Å². The summed E-state index contributed by atoms with van der Waals surface area (Å²) in [7, 11) is 0. The quantitative estimate of drug-likeness (QED) is 0.0483. The van der Waals surface area contributed by atoms with Crippen LogP contribution in [0, 0.1) is 29.1 Å². The normalized spacial score (nSPS) is 32.4. The van der Waals surface area contributed by atoms with Crippen molar-refractivity contribution in [2.45, 2.75) is 193 Å². The van der Waals surface area contributed by atoms with Crippen molar-refractivity contribution < 1.29 is 43.6 Å². The highest BCUT2D eigenvalue weighted by molar-refractivity contribution is 6.04. The summed E-state index contributed by atoms with van der Waals surface area (Å²) in [6.07, 6.45) is 17.8. The van der Waals surface area contributed by atoms with Crippen LogP contribution in [0.3, 0.4) is 0 Å². The molecule has 0 bridgehead atoms. The molecule has 0 radical (unpaired) electrons. The molecule has 0 aromatic heterocycles. The second-order valence-corrected chi connectivity index (χ2v) is 17.3. The van der Waals surface area contributed by atoms with Crippen molar-refractivity contribution in [3.8, 4) is 0 Å². The van der Waals surface area contributed by atoms with Gasteiger partial charge in [0.1, 0.15) is 18.3 Å². The summed E-state index contributed by atoms with van der Waals surface area (Å²) in [5, 5.41) is 25.5. The molecule has 8 atom stereocenters. The average Bonchev–Trinajstić information content (AvgIpc) is 3.54. The predicted octanol–water partition coefficient (Wildman–Crippen LogP) is 8.66. The topological polar surface area (TPSA) is 136 Å². The number of rotatable bonds is 22. The molecule has 0 aromatic rings. The molecular formula is C44H70O9. The summed E-state index contributed by atoms with van der Waals surface area (Å²) in [5.41, 5.74) is -4.81. The minimum absolute atomic E-state index is 0.112. The summed E-state index contributed by atoms with van der Waals surface area (Å²) in [6.45, 7) is 13.7. The number of carbonyl (C=O) groups excluding carboxylic acids is 4. The van der Waals surface area contributed by atoms with Gasteiger partial charge in [-0.15, -0.1) is 0 Å². The molecule has 53 heavy (non-hydrogen) atoms. The van der Waals surface area contributed by atoms with Gasteiger partial charge in [0.05, 0.1) is 5.60 Å². The van der Waals surface area contributed by atoms with Crippen molar-refractivity contribution >= 4 is 23.7 Å². The Labute approximate surface area is 319 Å². The monoisotopic (exact) mass is 743 g/mol. The van der Waals surface area contributed by atoms with Gasteiger partial charge in [-0.3, -0.25) is 19.2 Å². The number of carbonyl (C=O) groups is 4. The predicted molar refractivity (Wildman–Crippen MR) is 205 cm³/mol. The fraction of sp³-hybridized carbons (Fsp3) is 0.818. The van der Waals surface area contributed by atoms with Crippen LogP contribution in [0.2, 0.25) is 0 Å². The molecule has 2 N–H and O–H groups in total. The minimum Gasteiger partial charge on any atom is -0.461 e. The van der Waals surface area contributed by atoms with Crippen molar-refractivity contribution in [3.63, 3.8) is 0 Å². The lowest BCUT2D eigenvalue weighted by atomic mass is 9.59. The van der Waals surface area contributed by atoms with Crippen LogP contribution in [0.4, 0.5) is 0 Å². The summed E-state index contributed by atoms with van der Waals surface area (Å²) in [5.74, 6) is -4.64. The maximum absolute atomic E-state index is 13.8. The average molecular weight is 743 g/mol. The lowest BCUT2D eigenvalue weighted by molar-refractivity contribution is -0.229. The Balaban J connectivity index is 1.70. The van der Waals surface area contributed by atoms with Gasteiger partial charge in [-0.1, -0.05) is 131 Å². The van der Waals surface area contributed by atoms with Gasteiger partial charge in [0.25, 0.3) is 0 Å². The standard InChI is InChI=1S/C44H70O9/c1-8-11-14-17-20-23-35(45)51-29-32-27-33-38-41(6,7)44(38,53-37(47)25-22-19-16-13-10-3)40(52-36(46)24-21-18-15-12-9-2)31(5)43(33,50)34-26-30(4)39(48)42(34,49)28-32/h26-27,31,33-34,38,40,49-50H,8-25,28-29H2,1-7H3/t31-,33+,34-,38-,40-,42+,43-,44-/m1/s1. The number of esters is 3. The van der Waals surface area contributed by atoms with E-state index in [1.807, 2.05) is 19.9 Å². The van der Waals surface area contributed by atoms with E-state index >= 15 is 0 Å². The SMILES string of the molecule is CCCCCCCC(=O)OCC1=C[C@H]2[C@@H]3C(C)(C)[C@]3(OC(=O)CCCCCCC)[C@H](OC(=O)CCCCCCC)[C@@H](C)[C@]2(O)[C@@H]2C=C(C)C(=O)[C@]2(O)C1. The second kappa shape index (κ2) is 18.4. The molecule has 0 aromatic carbocycles. The molecule has 300 valence electrons. The summed E-state index contributed by atoms with van der Waals surface area (Å²) in [6, 6.07) is 0. The van der Waals surface area contributed by atoms with Gasteiger partial charge < -0.3 is 24.4 Å². The number of fused-ring (bicyclic) bond motifs is 5. The maximum atomic E-state index is 13.8. The zero-order chi connectivity index (χ0) is 39.0. The summed E-state index contributed by atoms with van der Waals surface area (Å²) < 4.78 is 18.7. The van der Waals surface area contributed by atoms with Gasteiger partial charge in [-0.05, 0) is 37.3 Å². The van der Waals surface area contributed by atoms with Crippen molar-refractivity contribution in [1.82, 2.24) is 0 Å². The third-order valence-corrected chi connectivity index (χ3v) is 13.2. The molecule has 4 aliphatic carbocycles. The van der Waals surface area contributed by atoms with Crippen LogP contribution in [-0.2, 0) is 33.4 Å². The molecule has 0 unspecified atom stereocenters. The Morgan fingerprint density at radius 3 is 1.81 bits per heavy atom. The lowest BCUT2D eigenvalue weighted by Crippen LogP contribution is -2.66. The number of ketones is 1. The van der Waals surface area contributed by atoms with Crippen LogP contribution >= 0.6 is 0 Å². The Morgan fingerprint density at radius 1 is 0.755 bits per heavy atom. The van der Waals surface area contributed by atoms with Gasteiger partial charge in [-0.25, -0.2) is 0 Å². The minimum atomic E-state index is -1.98. The number of hydrogen-bond acceptors (Lipinski definition) is 9. The van der Waals surface area contributed by atoms with E-state index in [2.05, 4.69) is 20.8 Å². The molecule has 9 heteroatoms.